The minimum atomic E-state index is -0.296. The van der Waals surface area contributed by atoms with Gasteiger partial charge in [-0.2, -0.15) is 0 Å². The molecule has 1 amide bonds. The predicted molar refractivity (Wildman–Crippen MR) is 88.1 cm³/mol. The number of aromatic nitrogens is 2. The van der Waals surface area contributed by atoms with Gasteiger partial charge in [0.05, 0.1) is 22.4 Å². The fourth-order valence-corrected chi connectivity index (χ4v) is 2.30. The molecule has 5 heteroatoms. The normalized spacial score (nSPS) is 10.8. The zero-order chi connectivity index (χ0) is 16.6. The first-order valence-corrected chi connectivity index (χ1v) is 7.26. The van der Waals surface area contributed by atoms with Gasteiger partial charge >= 0.3 is 0 Å². The molecule has 0 radical (unpaired) electrons. The molecule has 3 aromatic rings. The smallest absolute Gasteiger partial charge is 0.255 e. The molecule has 2 aromatic carbocycles. The molecule has 3 rings (SSSR count). The number of benzene rings is 2. The number of fused-ring (bicyclic) bond motifs is 1. The fraction of sp³-hybridized carbons (Fsp3) is 0.167. The molecule has 1 heterocycles. The molecule has 0 aliphatic carbocycles. The Labute approximate surface area is 133 Å². The third-order valence-electron chi connectivity index (χ3n) is 3.75. The van der Waals surface area contributed by atoms with Crippen molar-refractivity contribution >= 4 is 22.6 Å². The number of anilines is 1. The number of halogens is 1. The van der Waals surface area contributed by atoms with Crippen molar-refractivity contribution in [3.8, 4) is 0 Å². The number of aryl methyl sites for hydroxylation is 3. The zero-order valence-electron chi connectivity index (χ0n) is 13.1. The first-order chi connectivity index (χ1) is 10.9. The summed E-state index contributed by atoms with van der Waals surface area (Å²) in [6, 6.07) is 9.66. The third kappa shape index (κ3) is 3.04. The SMILES string of the molecule is Cc1cc(NC(=O)c2ccc3nc(C)c(C)nc3c2)ccc1F. The van der Waals surface area contributed by atoms with E-state index in [-0.39, 0.29) is 11.7 Å². The van der Waals surface area contributed by atoms with E-state index in [1.165, 1.54) is 12.1 Å². The van der Waals surface area contributed by atoms with Crippen LogP contribution < -0.4 is 5.32 Å². The Balaban J connectivity index is 1.91. The molecule has 0 spiro atoms. The van der Waals surface area contributed by atoms with Gasteiger partial charge in [-0.15, -0.1) is 0 Å². The number of nitrogens with one attached hydrogen (secondary N) is 1. The van der Waals surface area contributed by atoms with Gasteiger partial charge in [0.2, 0.25) is 0 Å². The van der Waals surface area contributed by atoms with E-state index in [1.54, 1.807) is 31.2 Å². The predicted octanol–water partition coefficient (Wildman–Crippen LogP) is 3.95. The number of hydrogen-bond donors (Lipinski definition) is 1. The summed E-state index contributed by atoms with van der Waals surface area (Å²) in [5, 5.41) is 2.76. The molecule has 4 nitrogen and oxygen atoms in total. The average molecular weight is 309 g/mol. The van der Waals surface area contributed by atoms with Crippen LogP contribution in [0.1, 0.15) is 27.3 Å². The lowest BCUT2D eigenvalue weighted by atomic mass is 10.1. The van der Waals surface area contributed by atoms with Crippen molar-refractivity contribution in [3.63, 3.8) is 0 Å². The van der Waals surface area contributed by atoms with Crippen LogP contribution in [0.4, 0.5) is 10.1 Å². The van der Waals surface area contributed by atoms with Crippen molar-refractivity contribution in [3.05, 3.63) is 64.7 Å². The van der Waals surface area contributed by atoms with Gasteiger partial charge < -0.3 is 5.32 Å². The van der Waals surface area contributed by atoms with Crippen LogP contribution in [0.2, 0.25) is 0 Å². The fourth-order valence-electron chi connectivity index (χ4n) is 2.30. The van der Waals surface area contributed by atoms with Crippen LogP contribution in [0.3, 0.4) is 0 Å². The number of carbonyl (C=O) groups is 1. The van der Waals surface area contributed by atoms with Crippen molar-refractivity contribution in [2.24, 2.45) is 0 Å². The Morgan fingerprint density at radius 2 is 1.65 bits per heavy atom. The first kappa shape index (κ1) is 15.1. The number of carbonyl (C=O) groups excluding carboxylic acids is 1. The van der Waals surface area contributed by atoms with E-state index in [0.29, 0.717) is 22.3 Å². The second-order valence-electron chi connectivity index (χ2n) is 5.52. The molecule has 1 aromatic heterocycles. The first-order valence-electron chi connectivity index (χ1n) is 7.26. The Hall–Kier alpha value is -2.82. The molecule has 0 atom stereocenters. The summed E-state index contributed by atoms with van der Waals surface area (Å²) in [6.07, 6.45) is 0. The molecule has 0 bridgehead atoms. The molecule has 0 aliphatic heterocycles. The van der Waals surface area contributed by atoms with Gasteiger partial charge in [-0.05, 0) is 62.7 Å². The van der Waals surface area contributed by atoms with Crippen LogP contribution >= 0.6 is 0 Å². The van der Waals surface area contributed by atoms with Crippen molar-refractivity contribution in [2.75, 3.05) is 5.32 Å². The van der Waals surface area contributed by atoms with Gasteiger partial charge in [-0.25, -0.2) is 14.4 Å². The van der Waals surface area contributed by atoms with E-state index < -0.39 is 0 Å². The van der Waals surface area contributed by atoms with Crippen LogP contribution in [0.5, 0.6) is 0 Å². The molecular weight excluding hydrogens is 293 g/mol. The Morgan fingerprint density at radius 3 is 2.35 bits per heavy atom. The van der Waals surface area contributed by atoms with Gasteiger partial charge in [-0.1, -0.05) is 0 Å². The standard InChI is InChI=1S/C18H16FN3O/c1-10-8-14(5-6-15(10)19)22-18(23)13-4-7-16-17(9-13)21-12(3)11(2)20-16/h4-9H,1-3H3,(H,22,23). The number of rotatable bonds is 2. The van der Waals surface area contributed by atoms with Crippen LogP contribution in [0.15, 0.2) is 36.4 Å². The molecular formula is C18H16FN3O. The van der Waals surface area contributed by atoms with Crippen molar-refractivity contribution in [1.82, 2.24) is 9.97 Å². The van der Waals surface area contributed by atoms with E-state index in [2.05, 4.69) is 15.3 Å². The minimum Gasteiger partial charge on any atom is -0.322 e. The monoisotopic (exact) mass is 309 g/mol. The van der Waals surface area contributed by atoms with Crippen LogP contribution in [0.25, 0.3) is 11.0 Å². The second-order valence-corrected chi connectivity index (χ2v) is 5.52. The Morgan fingerprint density at radius 1 is 0.957 bits per heavy atom. The van der Waals surface area contributed by atoms with Gasteiger partial charge in [0.15, 0.2) is 0 Å². The summed E-state index contributed by atoms with van der Waals surface area (Å²) < 4.78 is 13.3. The molecule has 0 unspecified atom stereocenters. The van der Waals surface area contributed by atoms with Crippen LogP contribution in [-0.4, -0.2) is 15.9 Å². The van der Waals surface area contributed by atoms with Crippen molar-refractivity contribution in [2.45, 2.75) is 20.8 Å². The molecule has 116 valence electrons. The maximum Gasteiger partial charge on any atom is 0.255 e. The van der Waals surface area contributed by atoms with Crippen LogP contribution in [-0.2, 0) is 0 Å². The summed E-state index contributed by atoms with van der Waals surface area (Å²) >= 11 is 0. The average Bonchev–Trinajstić information content (AvgIpc) is 2.51. The summed E-state index contributed by atoms with van der Waals surface area (Å²) in [5.41, 5.74) is 4.66. The summed E-state index contributed by atoms with van der Waals surface area (Å²) in [4.78, 5) is 21.3. The quantitative estimate of drug-likeness (QED) is 0.780. The van der Waals surface area contributed by atoms with E-state index >= 15 is 0 Å². The van der Waals surface area contributed by atoms with E-state index in [1.807, 2.05) is 13.8 Å². The molecule has 0 aliphatic rings. The maximum atomic E-state index is 13.3. The summed E-state index contributed by atoms with van der Waals surface area (Å²) in [6.45, 7) is 5.44. The lowest BCUT2D eigenvalue weighted by Crippen LogP contribution is -2.12. The zero-order valence-corrected chi connectivity index (χ0v) is 13.1. The highest BCUT2D eigenvalue weighted by molar-refractivity contribution is 6.05. The lowest BCUT2D eigenvalue weighted by Gasteiger charge is -2.08. The van der Waals surface area contributed by atoms with E-state index in [4.69, 9.17) is 0 Å². The molecule has 0 saturated carbocycles. The van der Waals surface area contributed by atoms with Crippen molar-refractivity contribution < 1.29 is 9.18 Å². The van der Waals surface area contributed by atoms with Gasteiger partial charge in [0.1, 0.15) is 5.82 Å². The molecule has 1 N–H and O–H groups in total. The number of amides is 1. The largest absolute Gasteiger partial charge is 0.322 e. The second kappa shape index (κ2) is 5.76. The number of hydrogen-bond acceptors (Lipinski definition) is 3. The Bertz CT molecular complexity index is 922. The van der Waals surface area contributed by atoms with Crippen LogP contribution in [0, 0.1) is 26.6 Å². The molecule has 0 fully saturated rings. The highest BCUT2D eigenvalue weighted by Gasteiger charge is 2.10. The van der Waals surface area contributed by atoms with Gasteiger partial charge in [0.25, 0.3) is 5.91 Å². The minimum absolute atomic E-state index is 0.266. The molecule has 23 heavy (non-hydrogen) atoms. The highest BCUT2D eigenvalue weighted by atomic mass is 19.1. The van der Waals surface area contributed by atoms with Crippen molar-refractivity contribution in [1.29, 1.82) is 0 Å². The van der Waals surface area contributed by atoms with E-state index in [9.17, 15) is 9.18 Å². The topological polar surface area (TPSA) is 54.9 Å². The Kier molecular flexibility index (Phi) is 3.78. The maximum absolute atomic E-state index is 13.3. The van der Waals surface area contributed by atoms with Gasteiger partial charge in [-0.3, -0.25) is 4.79 Å². The lowest BCUT2D eigenvalue weighted by molar-refractivity contribution is 0.102. The summed E-state index contributed by atoms with van der Waals surface area (Å²) in [5.74, 6) is -0.562. The molecule has 0 saturated heterocycles. The third-order valence-corrected chi connectivity index (χ3v) is 3.75. The van der Waals surface area contributed by atoms with Gasteiger partial charge in [0, 0.05) is 11.3 Å². The van der Waals surface area contributed by atoms with E-state index in [0.717, 1.165) is 16.9 Å². The highest BCUT2D eigenvalue weighted by Crippen LogP contribution is 2.17. The summed E-state index contributed by atoms with van der Waals surface area (Å²) in [7, 11) is 0. The number of nitrogens with zero attached hydrogens (tertiary/aromatic N) is 2.